The van der Waals surface area contributed by atoms with Gasteiger partial charge in [-0.25, -0.2) is 0 Å². The lowest BCUT2D eigenvalue weighted by Crippen LogP contribution is -2.26. The van der Waals surface area contributed by atoms with E-state index in [2.05, 4.69) is 15.5 Å². The topological polar surface area (TPSA) is 64.7 Å². The Morgan fingerprint density at radius 2 is 1.79 bits per heavy atom. The Hall–Kier alpha value is -1.94. The number of anilines is 1. The molecule has 0 saturated heterocycles. The lowest BCUT2D eigenvalue weighted by Gasteiger charge is -2.15. The van der Waals surface area contributed by atoms with E-state index >= 15 is 0 Å². The maximum Gasteiger partial charge on any atom is 0.436 e. The summed E-state index contributed by atoms with van der Waals surface area (Å²) < 4.78 is 42.4. The highest BCUT2D eigenvalue weighted by atomic mass is 35.5. The van der Waals surface area contributed by atoms with Crippen LogP contribution in [0.4, 0.5) is 19.0 Å². The number of halogens is 7. The summed E-state index contributed by atoms with van der Waals surface area (Å²) in [7, 11) is 0. The third-order valence-electron chi connectivity index (χ3n) is 5.21. The van der Waals surface area contributed by atoms with Crippen LogP contribution in [-0.4, -0.2) is 25.5 Å². The summed E-state index contributed by atoms with van der Waals surface area (Å²) >= 11 is 24.6. The highest BCUT2D eigenvalue weighted by molar-refractivity contribution is 6.36. The van der Waals surface area contributed by atoms with Gasteiger partial charge in [0.15, 0.2) is 11.5 Å². The molecule has 13 heteroatoms. The lowest BCUT2D eigenvalue weighted by molar-refractivity contribution is -0.141. The minimum atomic E-state index is -4.73. The second-order valence-electron chi connectivity index (χ2n) is 7.65. The SMILES string of the molecule is CC(C(=O)Nc1nn(Cc2c(Cl)cccc2Cl)cc1Cl)n1nc(C(F)(F)F)c(Cl)c1C1CC1. The third kappa shape index (κ3) is 4.96. The predicted molar refractivity (Wildman–Crippen MR) is 120 cm³/mol. The fraction of sp³-hybridized carbons (Fsp3) is 0.350. The molecule has 2 heterocycles. The standard InChI is InChI=1S/C20H16Cl4F3N5O/c1-9(32-16(10-5-6-10)15(24)17(29-32)20(25,26)27)19(33)28-18-14(23)8-31(30-18)7-11-12(21)3-2-4-13(11)22/h2-4,8-10H,5-7H2,1H3,(H,28,30,33). The summed E-state index contributed by atoms with van der Waals surface area (Å²) in [4.78, 5) is 12.9. The van der Waals surface area contributed by atoms with Crippen LogP contribution in [0, 0.1) is 0 Å². The number of hydrogen-bond acceptors (Lipinski definition) is 3. The van der Waals surface area contributed by atoms with Crippen molar-refractivity contribution in [1.29, 1.82) is 0 Å². The molecular formula is C20H16Cl4F3N5O. The average molecular weight is 541 g/mol. The van der Waals surface area contributed by atoms with Gasteiger partial charge in [-0.3, -0.25) is 14.2 Å². The van der Waals surface area contributed by atoms with Gasteiger partial charge in [-0.05, 0) is 31.9 Å². The molecule has 176 valence electrons. The molecule has 1 unspecified atom stereocenters. The first-order valence-corrected chi connectivity index (χ1v) is 11.3. The van der Waals surface area contributed by atoms with Gasteiger partial charge < -0.3 is 5.32 Å². The number of aromatic nitrogens is 4. The Labute approximate surface area is 206 Å². The minimum Gasteiger partial charge on any atom is -0.306 e. The van der Waals surface area contributed by atoms with Crippen LogP contribution in [0.15, 0.2) is 24.4 Å². The fourth-order valence-corrected chi connectivity index (χ4v) is 4.47. The number of amides is 1. The van der Waals surface area contributed by atoms with Gasteiger partial charge in [0.05, 0.1) is 17.3 Å². The number of nitrogens with one attached hydrogen (secondary N) is 1. The Balaban J connectivity index is 1.56. The van der Waals surface area contributed by atoms with Gasteiger partial charge in [0.25, 0.3) is 0 Å². The molecule has 3 aromatic rings. The molecule has 2 aromatic heterocycles. The molecule has 1 amide bonds. The summed E-state index contributed by atoms with van der Waals surface area (Å²) in [6, 6.07) is 3.98. The van der Waals surface area contributed by atoms with E-state index in [1.165, 1.54) is 17.8 Å². The maximum atomic E-state index is 13.3. The monoisotopic (exact) mass is 539 g/mol. The number of rotatable bonds is 6. The Morgan fingerprint density at radius 3 is 2.36 bits per heavy atom. The van der Waals surface area contributed by atoms with Crippen molar-refractivity contribution in [3.63, 3.8) is 0 Å². The first-order valence-electron chi connectivity index (χ1n) is 9.79. The molecule has 33 heavy (non-hydrogen) atoms. The van der Waals surface area contributed by atoms with Crippen molar-refractivity contribution < 1.29 is 18.0 Å². The summed E-state index contributed by atoms with van der Waals surface area (Å²) in [5.74, 6) is -0.772. The zero-order chi connectivity index (χ0) is 24.1. The number of carbonyl (C=O) groups is 1. The van der Waals surface area contributed by atoms with Crippen LogP contribution in [0.3, 0.4) is 0 Å². The lowest BCUT2D eigenvalue weighted by atomic mass is 10.2. The van der Waals surface area contributed by atoms with Gasteiger partial charge in [0, 0.05) is 27.7 Å². The van der Waals surface area contributed by atoms with E-state index < -0.39 is 28.8 Å². The van der Waals surface area contributed by atoms with Crippen LogP contribution in [0.25, 0.3) is 0 Å². The molecule has 1 atom stereocenters. The summed E-state index contributed by atoms with van der Waals surface area (Å²) in [6.07, 6.45) is -1.90. The molecular weight excluding hydrogens is 525 g/mol. The summed E-state index contributed by atoms with van der Waals surface area (Å²) in [5, 5.41) is 10.9. The van der Waals surface area contributed by atoms with Crippen molar-refractivity contribution in [1.82, 2.24) is 19.6 Å². The fourth-order valence-electron chi connectivity index (χ4n) is 3.37. The second kappa shape index (κ2) is 9.02. The van der Waals surface area contributed by atoms with E-state index in [4.69, 9.17) is 46.4 Å². The van der Waals surface area contributed by atoms with Gasteiger partial charge in [-0.1, -0.05) is 52.5 Å². The predicted octanol–water partition coefficient (Wildman–Crippen LogP) is 6.84. The van der Waals surface area contributed by atoms with Crippen LogP contribution < -0.4 is 5.32 Å². The van der Waals surface area contributed by atoms with Crippen molar-refractivity contribution in [3.8, 4) is 0 Å². The van der Waals surface area contributed by atoms with Crippen molar-refractivity contribution in [2.45, 2.75) is 44.4 Å². The Kier molecular flexibility index (Phi) is 6.61. The molecule has 1 aliphatic rings. The maximum absolute atomic E-state index is 13.3. The molecule has 4 rings (SSSR count). The highest BCUT2D eigenvalue weighted by Gasteiger charge is 2.43. The van der Waals surface area contributed by atoms with Crippen molar-refractivity contribution in [2.75, 3.05) is 5.32 Å². The van der Waals surface area contributed by atoms with Crippen molar-refractivity contribution in [3.05, 3.63) is 61.4 Å². The molecule has 1 N–H and O–H groups in total. The van der Waals surface area contributed by atoms with Crippen LogP contribution in [0.5, 0.6) is 0 Å². The third-order valence-corrected chi connectivity index (χ3v) is 6.56. The highest BCUT2D eigenvalue weighted by Crippen LogP contribution is 2.47. The largest absolute Gasteiger partial charge is 0.436 e. The van der Waals surface area contributed by atoms with Crippen LogP contribution in [0.2, 0.25) is 20.1 Å². The first kappa shape index (κ1) is 24.2. The molecule has 1 fully saturated rings. The molecule has 6 nitrogen and oxygen atoms in total. The molecule has 0 aliphatic heterocycles. The quantitative estimate of drug-likeness (QED) is 0.372. The number of hydrogen-bond donors (Lipinski definition) is 1. The second-order valence-corrected chi connectivity index (χ2v) is 9.25. The molecule has 0 spiro atoms. The summed E-state index contributed by atoms with van der Waals surface area (Å²) in [5.41, 5.74) is -0.382. The molecule has 0 bridgehead atoms. The van der Waals surface area contributed by atoms with E-state index in [1.807, 2.05) is 0 Å². The van der Waals surface area contributed by atoms with Crippen LogP contribution in [-0.2, 0) is 17.5 Å². The number of alkyl halides is 3. The zero-order valence-electron chi connectivity index (χ0n) is 16.9. The van der Waals surface area contributed by atoms with E-state index in [1.54, 1.807) is 18.2 Å². The van der Waals surface area contributed by atoms with Gasteiger partial charge in [0.1, 0.15) is 11.1 Å². The number of nitrogens with zero attached hydrogens (tertiary/aromatic N) is 4. The van der Waals surface area contributed by atoms with Crippen LogP contribution >= 0.6 is 46.4 Å². The van der Waals surface area contributed by atoms with Gasteiger partial charge in [-0.15, -0.1) is 0 Å². The first-order chi connectivity index (χ1) is 15.5. The number of benzene rings is 1. The van der Waals surface area contributed by atoms with Crippen molar-refractivity contribution in [2.24, 2.45) is 0 Å². The van der Waals surface area contributed by atoms with Crippen LogP contribution in [0.1, 0.15) is 48.7 Å². The molecule has 1 saturated carbocycles. The van der Waals surface area contributed by atoms with E-state index in [9.17, 15) is 18.0 Å². The van der Waals surface area contributed by atoms with Gasteiger partial charge in [0.2, 0.25) is 5.91 Å². The van der Waals surface area contributed by atoms with E-state index in [-0.39, 0.29) is 29.0 Å². The summed E-state index contributed by atoms with van der Waals surface area (Å²) in [6.45, 7) is 1.62. The minimum absolute atomic E-state index is 0.0407. The van der Waals surface area contributed by atoms with Crippen molar-refractivity contribution >= 4 is 58.1 Å². The molecule has 1 aromatic carbocycles. The van der Waals surface area contributed by atoms with Gasteiger partial charge >= 0.3 is 6.18 Å². The average Bonchev–Trinajstić information content (AvgIpc) is 3.41. The van der Waals surface area contributed by atoms with E-state index in [0.717, 1.165) is 4.68 Å². The molecule has 1 aliphatic carbocycles. The normalized spacial score (nSPS) is 15.0. The Morgan fingerprint density at radius 1 is 1.15 bits per heavy atom. The van der Waals surface area contributed by atoms with E-state index in [0.29, 0.717) is 28.5 Å². The smallest absolute Gasteiger partial charge is 0.306 e. The molecule has 0 radical (unpaired) electrons. The Bertz CT molecular complexity index is 1200. The number of carbonyl (C=O) groups excluding carboxylic acids is 1. The van der Waals surface area contributed by atoms with Gasteiger partial charge in [-0.2, -0.15) is 23.4 Å². The zero-order valence-corrected chi connectivity index (χ0v) is 20.0.